The molecular formula is C20H14F2O4S. The Bertz CT molecular complexity index is 1120. The van der Waals surface area contributed by atoms with E-state index < -0.39 is 33.1 Å². The minimum atomic E-state index is -4.16. The van der Waals surface area contributed by atoms with E-state index in [1.807, 2.05) is 0 Å². The molecule has 0 amide bonds. The summed E-state index contributed by atoms with van der Waals surface area (Å²) >= 11 is 0. The number of phenols is 1. The van der Waals surface area contributed by atoms with Crippen LogP contribution in [0.5, 0.6) is 5.75 Å². The lowest BCUT2D eigenvalue weighted by Crippen LogP contribution is -2.30. The number of hydrogen-bond donors (Lipinski definition) is 1. The van der Waals surface area contributed by atoms with Gasteiger partial charge in [0.1, 0.15) is 10.7 Å². The summed E-state index contributed by atoms with van der Waals surface area (Å²) in [5.41, 5.74) is -0.824. The number of aryl methyl sites for hydroxylation is 1. The van der Waals surface area contributed by atoms with Crippen molar-refractivity contribution in [2.24, 2.45) is 0 Å². The highest BCUT2D eigenvalue weighted by Gasteiger charge is 2.51. The fraction of sp³-hybridized carbons (Fsp3) is 0.100. The normalized spacial score (nSPS) is 20.4. The lowest BCUT2D eigenvalue weighted by Gasteiger charge is -2.29. The average Bonchev–Trinajstić information content (AvgIpc) is 2.89. The Kier molecular flexibility index (Phi) is 3.83. The second kappa shape index (κ2) is 5.87. The molecule has 1 unspecified atom stereocenters. The van der Waals surface area contributed by atoms with Gasteiger partial charge in [0.25, 0.3) is 10.1 Å². The molecule has 0 saturated heterocycles. The predicted molar refractivity (Wildman–Crippen MR) is 93.8 cm³/mol. The fourth-order valence-corrected chi connectivity index (χ4v) is 4.77. The molecule has 1 aliphatic rings. The van der Waals surface area contributed by atoms with E-state index in [-0.39, 0.29) is 21.6 Å². The molecule has 7 heteroatoms. The molecule has 27 heavy (non-hydrogen) atoms. The van der Waals surface area contributed by atoms with Gasteiger partial charge >= 0.3 is 0 Å². The van der Waals surface area contributed by atoms with Crippen LogP contribution in [0.4, 0.5) is 8.78 Å². The monoisotopic (exact) mass is 388 g/mol. The standard InChI is InChI=1S/C20H14F2O4S/c1-12-6-7-13(10-16(12)21)20(14-8-9-18(23)17(22)11-14)15-4-2-3-5-19(15)27(24,25)26-20/h2-11,23H,1H3. The Morgan fingerprint density at radius 3 is 2.22 bits per heavy atom. The summed E-state index contributed by atoms with van der Waals surface area (Å²) in [6.45, 7) is 1.58. The van der Waals surface area contributed by atoms with Crippen molar-refractivity contribution in [1.29, 1.82) is 0 Å². The van der Waals surface area contributed by atoms with Gasteiger partial charge in [0, 0.05) is 5.56 Å². The van der Waals surface area contributed by atoms with E-state index in [9.17, 15) is 22.3 Å². The van der Waals surface area contributed by atoms with Crippen LogP contribution in [0.3, 0.4) is 0 Å². The van der Waals surface area contributed by atoms with Gasteiger partial charge in [-0.1, -0.05) is 36.4 Å². The molecule has 0 saturated carbocycles. The lowest BCUT2D eigenvalue weighted by molar-refractivity contribution is 0.179. The Morgan fingerprint density at radius 1 is 0.926 bits per heavy atom. The molecule has 0 spiro atoms. The van der Waals surface area contributed by atoms with Crippen molar-refractivity contribution in [2.75, 3.05) is 0 Å². The van der Waals surface area contributed by atoms with Crippen molar-refractivity contribution in [3.63, 3.8) is 0 Å². The van der Waals surface area contributed by atoms with E-state index in [4.69, 9.17) is 4.18 Å². The van der Waals surface area contributed by atoms with Gasteiger partial charge in [-0.15, -0.1) is 0 Å². The van der Waals surface area contributed by atoms with Crippen LogP contribution in [-0.2, 0) is 19.9 Å². The minimum absolute atomic E-state index is 0.0699. The topological polar surface area (TPSA) is 63.6 Å². The fourth-order valence-electron chi connectivity index (χ4n) is 3.34. The van der Waals surface area contributed by atoms with Crippen molar-refractivity contribution in [3.8, 4) is 5.75 Å². The first kappa shape index (κ1) is 17.6. The third-order valence-electron chi connectivity index (χ3n) is 4.70. The maximum absolute atomic E-state index is 14.3. The SMILES string of the molecule is Cc1ccc(C2(c3ccc(O)c(F)c3)OS(=O)(=O)c3ccccc32)cc1F. The number of benzene rings is 3. The summed E-state index contributed by atoms with van der Waals surface area (Å²) in [6, 6.07) is 13.8. The van der Waals surface area contributed by atoms with Crippen LogP contribution in [0.1, 0.15) is 22.3 Å². The summed E-state index contributed by atoms with van der Waals surface area (Å²) in [4.78, 5) is -0.0699. The van der Waals surface area contributed by atoms with Gasteiger partial charge in [-0.2, -0.15) is 8.42 Å². The van der Waals surface area contributed by atoms with Crippen LogP contribution in [0, 0.1) is 18.6 Å². The number of halogens is 2. The molecule has 0 radical (unpaired) electrons. The van der Waals surface area contributed by atoms with Crippen molar-refractivity contribution < 1.29 is 26.5 Å². The highest BCUT2D eigenvalue weighted by Crippen LogP contribution is 2.50. The van der Waals surface area contributed by atoms with E-state index in [1.54, 1.807) is 31.2 Å². The van der Waals surface area contributed by atoms with Crippen LogP contribution < -0.4 is 0 Å². The highest BCUT2D eigenvalue weighted by molar-refractivity contribution is 7.87. The van der Waals surface area contributed by atoms with Crippen LogP contribution in [-0.4, -0.2) is 13.5 Å². The molecule has 1 N–H and O–H groups in total. The van der Waals surface area contributed by atoms with E-state index >= 15 is 0 Å². The van der Waals surface area contributed by atoms with Crippen molar-refractivity contribution in [3.05, 3.63) is 94.6 Å². The van der Waals surface area contributed by atoms with E-state index in [2.05, 4.69) is 0 Å². The van der Waals surface area contributed by atoms with Gasteiger partial charge in [0.05, 0.1) is 0 Å². The third kappa shape index (κ3) is 2.54. The number of phenolic OH excluding ortho intramolecular Hbond substituents is 1. The smallest absolute Gasteiger partial charge is 0.298 e. The van der Waals surface area contributed by atoms with E-state index in [0.29, 0.717) is 5.56 Å². The van der Waals surface area contributed by atoms with Gasteiger partial charge in [-0.25, -0.2) is 13.0 Å². The quantitative estimate of drug-likeness (QED) is 0.675. The second-order valence-corrected chi connectivity index (χ2v) is 7.86. The molecule has 1 aliphatic heterocycles. The molecule has 4 nitrogen and oxygen atoms in total. The molecule has 1 heterocycles. The maximum Gasteiger partial charge on any atom is 0.298 e. The van der Waals surface area contributed by atoms with E-state index in [0.717, 1.165) is 12.1 Å². The lowest BCUT2D eigenvalue weighted by atomic mass is 9.80. The Balaban J connectivity index is 2.12. The molecule has 0 bridgehead atoms. The van der Waals surface area contributed by atoms with Gasteiger partial charge < -0.3 is 5.11 Å². The summed E-state index contributed by atoms with van der Waals surface area (Å²) < 4.78 is 59.3. The molecule has 4 rings (SSSR count). The number of fused-ring (bicyclic) bond motifs is 1. The van der Waals surface area contributed by atoms with Crippen LogP contribution in [0.25, 0.3) is 0 Å². The summed E-state index contributed by atoms with van der Waals surface area (Å²) in [5, 5.41) is 9.53. The van der Waals surface area contributed by atoms with Crippen molar-refractivity contribution in [2.45, 2.75) is 17.4 Å². The first-order chi connectivity index (χ1) is 12.8. The molecule has 0 aliphatic carbocycles. The van der Waals surface area contributed by atoms with Gasteiger partial charge in [-0.05, 0) is 47.9 Å². The molecule has 3 aromatic carbocycles. The molecule has 3 aromatic rings. The van der Waals surface area contributed by atoms with Gasteiger partial charge in [-0.3, -0.25) is 0 Å². The second-order valence-electron chi connectivity index (χ2n) is 6.34. The Labute approximate surface area is 154 Å². The highest BCUT2D eigenvalue weighted by atomic mass is 32.2. The summed E-state index contributed by atoms with van der Waals surface area (Å²) in [7, 11) is -4.16. The minimum Gasteiger partial charge on any atom is -0.505 e. The molecule has 138 valence electrons. The van der Waals surface area contributed by atoms with Crippen molar-refractivity contribution in [1.82, 2.24) is 0 Å². The zero-order chi connectivity index (χ0) is 19.4. The number of rotatable bonds is 2. The Hall–Kier alpha value is -2.77. The molecule has 1 atom stereocenters. The maximum atomic E-state index is 14.3. The molecule has 0 aromatic heterocycles. The van der Waals surface area contributed by atoms with E-state index in [1.165, 1.54) is 24.3 Å². The number of aromatic hydroxyl groups is 1. The Morgan fingerprint density at radius 2 is 1.56 bits per heavy atom. The first-order valence-corrected chi connectivity index (χ1v) is 9.47. The summed E-state index contributed by atoms with van der Waals surface area (Å²) in [5.74, 6) is -2.07. The van der Waals surface area contributed by atoms with Gasteiger partial charge in [0.2, 0.25) is 0 Å². The van der Waals surface area contributed by atoms with Gasteiger partial charge in [0.15, 0.2) is 17.2 Å². The number of hydrogen-bond acceptors (Lipinski definition) is 4. The molecule has 0 fully saturated rings. The van der Waals surface area contributed by atoms with Crippen LogP contribution >= 0.6 is 0 Å². The average molecular weight is 388 g/mol. The third-order valence-corrected chi connectivity index (χ3v) is 6.07. The van der Waals surface area contributed by atoms with Crippen LogP contribution in [0.2, 0.25) is 0 Å². The zero-order valence-electron chi connectivity index (χ0n) is 14.1. The molecular weight excluding hydrogens is 374 g/mol. The predicted octanol–water partition coefficient (Wildman–Crippen LogP) is 3.99. The zero-order valence-corrected chi connectivity index (χ0v) is 14.9. The van der Waals surface area contributed by atoms with Crippen LogP contribution in [0.15, 0.2) is 65.6 Å². The first-order valence-electron chi connectivity index (χ1n) is 8.06. The van der Waals surface area contributed by atoms with Crippen molar-refractivity contribution >= 4 is 10.1 Å². The summed E-state index contributed by atoms with van der Waals surface area (Å²) in [6.07, 6.45) is 0. The largest absolute Gasteiger partial charge is 0.505 e.